The van der Waals surface area contributed by atoms with Gasteiger partial charge in [0, 0.05) is 6.42 Å². The van der Waals surface area contributed by atoms with E-state index in [0.717, 1.165) is 16.7 Å². The lowest BCUT2D eigenvalue weighted by molar-refractivity contribution is -0.103. The summed E-state index contributed by atoms with van der Waals surface area (Å²) in [6.07, 6.45) is 1.10. The molecule has 3 aromatic rings. The Kier molecular flexibility index (Phi) is 5.98. The second-order valence-corrected chi connectivity index (χ2v) is 5.82. The van der Waals surface area contributed by atoms with Crippen molar-refractivity contribution in [1.29, 1.82) is 0 Å². The van der Waals surface area contributed by atoms with E-state index in [1.54, 1.807) is 0 Å². The number of hydrogen-bond acceptors (Lipinski definition) is 2. The molecule has 0 unspecified atom stereocenters. The van der Waals surface area contributed by atoms with Crippen molar-refractivity contribution in [3.63, 3.8) is 0 Å². The molecule has 0 aliphatic rings. The molecule has 0 aliphatic carbocycles. The molecule has 0 saturated carbocycles. The molecule has 0 bridgehead atoms. The smallest absolute Gasteiger partial charge is 0.192 e. The van der Waals surface area contributed by atoms with Gasteiger partial charge in [-0.3, -0.25) is 4.79 Å². The average Bonchev–Trinajstić information content (AvgIpc) is 2.73. The van der Waals surface area contributed by atoms with Crippen LogP contribution in [0.2, 0.25) is 0 Å². The summed E-state index contributed by atoms with van der Waals surface area (Å²) in [7, 11) is 0. The minimum atomic E-state index is -0.730. The van der Waals surface area contributed by atoms with Crippen LogP contribution in [0.15, 0.2) is 91.0 Å². The molecule has 0 aromatic heterocycles. The van der Waals surface area contributed by atoms with Crippen LogP contribution in [-0.4, -0.2) is 12.9 Å². The zero-order valence-corrected chi connectivity index (χ0v) is 14.5. The number of ether oxygens (including phenoxy) is 1. The predicted octanol–water partition coefficient (Wildman–Crippen LogP) is 4.59. The van der Waals surface area contributed by atoms with Gasteiger partial charge in [0.05, 0.1) is 6.61 Å². The zero-order chi connectivity index (χ0) is 18.1. The number of carbonyl (C=O) groups excluding carboxylic acids is 1. The normalized spacial score (nSPS) is 10.6. The SMILES string of the molecule is O=CC#CCCOC(c1ccccc1)(c1ccccc1)c1ccccc1. The highest BCUT2D eigenvalue weighted by molar-refractivity contribution is 5.72. The Hall–Kier alpha value is -3.15. The number of aldehydes is 1. The highest BCUT2D eigenvalue weighted by atomic mass is 16.5. The van der Waals surface area contributed by atoms with Crippen LogP contribution in [0.3, 0.4) is 0 Å². The molecule has 2 heteroatoms. The van der Waals surface area contributed by atoms with Crippen molar-refractivity contribution in [2.75, 3.05) is 6.61 Å². The summed E-state index contributed by atoms with van der Waals surface area (Å²) >= 11 is 0. The first kappa shape index (κ1) is 17.7. The Morgan fingerprint density at radius 3 is 1.54 bits per heavy atom. The maximum Gasteiger partial charge on any atom is 0.192 e. The lowest BCUT2D eigenvalue weighted by Gasteiger charge is -2.35. The number of benzene rings is 3. The van der Waals surface area contributed by atoms with E-state index in [1.807, 2.05) is 54.6 Å². The van der Waals surface area contributed by atoms with E-state index in [-0.39, 0.29) is 0 Å². The number of carbonyl (C=O) groups is 1. The van der Waals surface area contributed by atoms with Crippen LogP contribution in [-0.2, 0) is 15.1 Å². The number of hydrogen-bond donors (Lipinski definition) is 0. The minimum Gasteiger partial charge on any atom is -0.360 e. The van der Waals surface area contributed by atoms with Crippen LogP contribution in [0, 0.1) is 11.8 Å². The first-order valence-electron chi connectivity index (χ1n) is 8.60. The van der Waals surface area contributed by atoms with E-state index in [2.05, 4.69) is 48.2 Å². The average molecular weight is 340 g/mol. The van der Waals surface area contributed by atoms with Gasteiger partial charge in [-0.1, -0.05) is 96.9 Å². The Labute approximate surface area is 154 Å². The van der Waals surface area contributed by atoms with Gasteiger partial charge in [0.15, 0.2) is 6.29 Å². The van der Waals surface area contributed by atoms with E-state index in [9.17, 15) is 4.79 Å². The van der Waals surface area contributed by atoms with Gasteiger partial charge in [-0.15, -0.1) is 0 Å². The van der Waals surface area contributed by atoms with Crippen LogP contribution < -0.4 is 0 Å². The van der Waals surface area contributed by atoms with Gasteiger partial charge in [-0.2, -0.15) is 0 Å². The molecule has 0 saturated heterocycles. The Balaban J connectivity index is 2.13. The monoisotopic (exact) mass is 340 g/mol. The molecule has 0 heterocycles. The number of rotatable bonds is 6. The Morgan fingerprint density at radius 1 is 0.731 bits per heavy atom. The first-order chi connectivity index (χ1) is 12.9. The Morgan fingerprint density at radius 2 is 1.15 bits per heavy atom. The second kappa shape index (κ2) is 8.80. The van der Waals surface area contributed by atoms with Gasteiger partial charge in [0.1, 0.15) is 5.60 Å². The molecular weight excluding hydrogens is 320 g/mol. The molecule has 128 valence electrons. The van der Waals surface area contributed by atoms with E-state index >= 15 is 0 Å². The Bertz CT molecular complexity index is 778. The summed E-state index contributed by atoms with van der Waals surface area (Å²) in [5.74, 6) is 5.26. The summed E-state index contributed by atoms with van der Waals surface area (Å²) in [5, 5.41) is 0. The molecule has 0 amide bonds. The second-order valence-electron chi connectivity index (χ2n) is 5.82. The highest BCUT2D eigenvalue weighted by Gasteiger charge is 2.37. The third-order valence-electron chi connectivity index (χ3n) is 4.25. The summed E-state index contributed by atoms with van der Waals surface area (Å²) < 4.78 is 6.52. The van der Waals surface area contributed by atoms with Gasteiger partial charge >= 0.3 is 0 Å². The minimum absolute atomic E-state index is 0.416. The van der Waals surface area contributed by atoms with E-state index < -0.39 is 5.60 Å². The van der Waals surface area contributed by atoms with Crippen LogP contribution in [0.25, 0.3) is 0 Å². The van der Waals surface area contributed by atoms with Crippen molar-refractivity contribution in [1.82, 2.24) is 0 Å². The van der Waals surface area contributed by atoms with Crippen LogP contribution in [0.5, 0.6) is 0 Å². The molecule has 0 radical (unpaired) electrons. The zero-order valence-electron chi connectivity index (χ0n) is 14.5. The van der Waals surface area contributed by atoms with Crippen molar-refractivity contribution in [3.05, 3.63) is 108 Å². The summed E-state index contributed by atoms with van der Waals surface area (Å²) in [4.78, 5) is 10.4. The van der Waals surface area contributed by atoms with Gasteiger partial charge < -0.3 is 4.74 Å². The third kappa shape index (κ3) is 3.74. The van der Waals surface area contributed by atoms with Gasteiger partial charge in [0.2, 0.25) is 0 Å². The summed E-state index contributed by atoms with van der Waals surface area (Å²) in [5.41, 5.74) is 2.44. The molecular formula is C24H20O2. The van der Waals surface area contributed by atoms with Crippen LogP contribution in [0.4, 0.5) is 0 Å². The van der Waals surface area contributed by atoms with Gasteiger partial charge in [0.25, 0.3) is 0 Å². The molecule has 0 aliphatic heterocycles. The van der Waals surface area contributed by atoms with E-state index in [0.29, 0.717) is 19.3 Å². The van der Waals surface area contributed by atoms with Crippen molar-refractivity contribution in [2.24, 2.45) is 0 Å². The molecule has 0 N–H and O–H groups in total. The molecule has 0 atom stereocenters. The van der Waals surface area contributed by atoms with Crippen molar-refractivity contribution < 1.29 is 9.53 Å². The van der Waals surface area contributed by atoms with Crippen LogP contribution in [0.1, 0.15) is 23.1 Å². The van der Waals surface area contributed by atoms with Crippen molar-refractivity contribution in [3.8, 4) is 11.8 Å². The van der Waals surface area contributed by atoms with E-state index in [4.69, 9.17) is 4.74 Å². The first-order valence-corrected chi connectivity index (χ1v) is 8.60. The standard InChI is InChI=1S/C24H20O2/c25-19-11-4-12-20-26-24(21-13-5-1-6-14-21,22-15-7-2-8-16-22)23-17-9-3-10-18-23/h1-3,5-10,13-19H,12,20H2. The largest absolute Gasteiger partial charge is 0.360 e. The summed E-state index contributed by atoms with van der Waals surface area (Å²) in [6, 6.07) is 30.6. The highest BCUT2D eigenvalue weighted by Crippen LogP contribution is 2.40. The fourth-order valence-corrected chi connectivity index (χ4v) is 3.14. The summed E-state index contributed by atoms with van der Waals surface area (Å²) in [6.45, 7) is 0.416. The molecule has 3 rings (SSSR count). The maximum absolute atomic E-state index is 10.4. The van der Waals surface area contributed by atoms with E-state index in [1.165, 1.54) is 0 Å². The fraction of sp³-hybridized carbons (Fsp3) is 0.125. The lowest BCUT2D eigenvalue weighted by Crippen LogP contribution is -2.33. The molecule has 26 heavy (non-hydrogen) atoms. The quantitative estimate of drug-likeness (QED) is 0.284. The molecule has 0 spiro atoms. The lowest BCUT2D eigenvalue weighted by atomic mass is 9.80. The maximum atomic E-state index is 10.4. The third-order valence-corrected chi connectivity index (χ3v) is 4.25. The fourth-order valence-electron chi connectivity index (χ4n) is 3.14. The van der Waals surface area contributed by atoms with Crippen molar-refractivity contribution in [2.45, 2.75) is 12.0 Å². The van der Waals surface area contributed by atoms with Gasteiger partial charge in [-0.25, -0.2) is 0 Å². The van der Waals surface area contributed by atoms with Crippen LogP contribution >= 0.6 is 0 Å². The van der Waals surface area contributed by atoms with Crippen molar-refractivity contribution >= 4 is 6.29 Å². The van der Waals surface area contributed by atoms with Gasteiger partial charge in [-0.05, 0) is 22.6 Å². The topological polar surface area (TPSA) is 26.3 Å². The molecule has 0 fully saturated rings. The molecule has 2 nitrogen and oxygen atoms in total. The molecule has 3 aromatic carbocycles. The predicted molar refractivity (Wildman–Crippen MR) is 104 cm³/mol.